The first-order valence-electron chi connectivity index (χ1n) is 10.6. The van der Waals surface area contributed by atoms with Crippen LogP contribution >= 0.6 is 0 Å². The monoisotopic (exact) mass is 423 g/mol. The van der Waals surface area contributed by atoms with Crippen molar-refractivity contribution < 1.29 is 19.0 Å². The van der Waals surface area contributed by atoms with Gasteiger partial charge in [-0.1, -0.05) is 56.5 Å². The van der Waals surface area contributed by atoms with E-state index < -0.39 is 5.97 Å². The first-order chi connectivity index (χ1) is 15.0. The third kappa shape index (κ3) is 5.45. The molecule has 0 unspecified atom stereocenters. The Balaban J connectivity index is 2.12. The highest BCUT2D eigenvalue weighted by Crippen LogP contribution is 2.35. The Kier molecular flexibility index (Phi) is 7.70. The average molecular weight is 424 g/mol. The van der Waals surface area contributed by atoms with Gasteiger partial charge in [-0.25, -0.2) is 0 Å². The normalized spacial score (nSPS) is 10.8. The summed E-state index contributed by atoms with van der Waals surface area (Å²) in [6.07, 6.45) is 4.08. The van der Waals surface area contributed by atoms with E-state index in [0.717, 1.165) is 31.2 Å². The Morgan fingerprint density at radius 2 is 1.77 bits per heavy atom. The van der Waals surface area contributed by atoms with Crippen molar-refractivity contribution in [1.82, 2.24) is 4.57 Å². The zero-order chi connectivity index (χ0) is 22.2. The number of rotatable bonds is 10. The summed E-state index contributed by atoms with van der Waals surface area (Å²) in [5.41, 5.74) is 1.26. The van der Waals surface area contributed by atoms with E-state index in [1.807, 2.05) is 42.5 Å². The minimum Gasteiger partial charge on any atom is -0.497 e. The predicted octanol–water partition coefficient (Wildman–Crippen LogP) is 5.09. The fraction of sp³-hybridized carbons (Fsp3) is 0.360. The van der Waals surface area contributed by atoms with Crippen LogP contribution in [0.4, 0.5) is 0 Å². The summed E-state index contributed by atoms with van der Waals surface area (Å²) in [5, 5.41) is 0.697. The van der Waals surface area contributed by atoms with Crippen molar-refractivity contribution in [3.8, 4) is 17.2 Å². The van der Waals surface area contributed by atoms with Crippen molar-refractivity contribution in [2.75, 3.05) is 7.11 Å². The van der Waals surface area contributed by atoms with Crippen LogP contribution in [-0.2, 0) is 17.9 Å². The van der Waals surface area contributed by atoms with E-state index in [1.54, 1.807) is 17.7 Å². The molecule has 164 valence electrons. The first-order valence-corrected chi connectivity index (χ1v) is 10.6. The minimum atomic E-state index is -0.563. The van der Waals surface area contributed by atoms with Gasteiger partial charge in [0.05, 0.1) is 12.6 Å². The van der Waals surface area contributed by atoms with Crippen LogP contribution in [0, 0.1) is 0 Å². The van der Waals surface area contributed by atoms with E-state index in [0.29, 0.717) is 23.2 Å². The molecule has 1 aromatic heterocycles. The lowest BCUT2D eigenvalue weighted by molar-refractivity contribution is -0.132. The summed E-state index contributed by atoms with van der Waals surface area (Å²) >= 11 is 0. The van der Waals surface area contributed by atoms with Gasteiger partial charge in [0, 0.05) is 24.9 Å². The zero-order valence-corrected chi connectivity index (χ0v) is 18.3. The van der Waals surface area contributed by atoms with Crippen LogP contribution in [0.15, 0.2) is 53.3 Å². The lowest BCUT2D eigenvalue weighted by Gasteiger charge is -2.18. The zero-order valence-electron chi connectivity index (χ0n) is 18.3. The van der Waals surface area contributed by atoms with Crippen molar-refractivity contribution in [1.29, 1.82) is 0 Å². The maximum absolute atomic E-state index is 13.4. The molecule has 0 fully saturated rings. The number of carbonyl (C=O) groups is 1. The Bertz CT molecular complexity index is 1090. The molecule has 0 aliphatic heterocycles. The summed E-state index contributed by atoms with van der Waals surface area (Å²) < 4.78 is 18.5. The number of carbonyl (C=O) groups excluding carboxylic acids is 1. The molecular weight excluding hydrogens is 394 g/mol. The van der Waals surface area contributed by atoms with Crippen molar-refractivity contribution in [3.63, 3.8) is 0 Å². The number of esters is 1. The average Bonchev–Trinajstić information content (AvgIpc) is 2.78. The number of pyridine rings is 1. The molecular formula is C25H29NO5. The highest BCUT2D eigenvalue weighted by molar-refractivity contribution is 5.90. The molecule has 3 rings (SSSR count). The molecule has 6 heteroatoms. The lowest BCUT2D eigenvalue weighted by Crippen LogP contribution is -2.25. The van der Waals surface area contributed by atoms with Gasteiger partial charge < -0.3 is 18.8 Å². The topological polar surface area (TPSA) is 66.8 Å². The molecule has 6 nitrogen and oxygen atoms in total. The number of unbranched alkanes of at least 4 members (excludes halogenated alkanes) is 3. The molecule has 0 aliphatic carbocycles. The van der Waals surface area contributed by atoms with Gasteiger partial charge in [0.15, 0.2) is 5.75 Å². The molecule has 2 aromatic carbocycles. The van der Waals surface area contributed by atoms with Crippen LogP contribution in [-0.4, -0.2) is 17.6 Å². The van der Waals surface area contributed by atoms with Crippen LogP contribution in [0.2, 0.25) is 0 Å². The Labute approximate surface area is 182 Å². The molecule has 1 heterocycles. The Morgan fingerprint density at radius 1 is 1.00 bits per heavy atom. The van der Waals surface area contributed by atoms with Crippen LogP contribution in [0.1, 0.15) is 45.1 Å². The molecule has 0 N–H and O–H groups in total. The fourth-order valence-electron chi connectivity index (χ4n) is 3.53. The van der Waals surface area contributed by atoms with Crippen molar-refractivity contribution in [3.05, 3.63) is 64.4 Å². The van der Waals surface area contributed by atoms with Gasteiger partial charge in [-0.15, -0.1) is 0 Å². The first kappa shape index (κ1) is 22.4. The van der Waals surface area contributed by atoms with Gasteiger partial charge in [0.25, 0.3) is 5.56 Å². The summed E-state index contributed by atoms with van der Waals surface area (Å²) in [6, 6.07) is 15.1. The molecule has 0 aliphatic rings. The molecule has 0 amide bonds. The van der Waals surface area contributed by atoms with Crippen LogP contribution < -0.4 is 19.8 Å². The molecule has 0 bridgehead atoms. The summed E-state index contributed by atoms with van der Waals surface area (Å²) in [6.45, 7) is 4.19. The highest BCUT2D eigenvalue weighted by atomic mass is 16.6. The standard InChI is InChI=1S/C25H29NO5/c1-4-5-6-10-15-26-22-16-20(29-3)13-14-21(22)23(24(25(26)28)31-18(2)27)30-17-19-11-8-7-9-12-19/h7-9,11-14,16H,4-6,10,15,17H2,1-3H3. The van der Waals surface area contributed by atoms with E-state index in [1.165, 1.54) is 6.92 Å². The number of ether oxygens (including phenoxy) is 3. The molecule has 0 atom stereocenters. The molecule has 0 radical (unpaired) electrons. The van der Waals surface area contributed by atoms with Gasteiger partial charge in [-0.3, -0.25) is 9.59 Å². The SMILES string of the molecule is CCCCCCn1c(=O)c(OC(C)=O)c(OCc2ccccc2)c2ccc(OC)cc21. The predicted molar refractivity (Wildman–Crippen MR) is 121 cm³/mol. The molecule has 31 heavy (non-hydrogen) atoms. The largest absolute Gasteiger partial charge is 0.497 e. The number of benzene rings is 2. The second-order valence-electron chi connectivity index (χ2n) is 7.43. The van der Waals surface area contributed by atoms with Crippen molar-refractivity contribution >= 4 is 16.9 Å². The van der Waals surface area contributed by atoms with Gasteiger partial charge in [0.2, 0.25) is 5.75 Å². The Morgan fingerprint density at radius 3 is 2.45 bits per heavy atom. The Hall–Kier alpha value is -3.28. The van der Waals surface area contributed by atoms with Crippen LogP contribution in [0.5, 0.6) is 17.2 Å². The lowest BCUT2D eigenvalue weighted by atomic mass is 10.1. The van der Waals surface area contributed by atoms with Gasteiger partial charge >= 0.3 is 5.97 Å². The number of hydrogen-bond donors (Lipinski definition) is 0. The van der Waals surface area contributed by atoms with E-state index in [4.69, 9.17) is 14.2 Å². The van der Waals surface area contributed by atoms with Crippen LogP contribution in [0.3, 0.4) is 0 Å². The second-order valence-corrected chi connectivity index (χ2v) is 7.43. The van der Waals surface area contributed by atoms with Gasteiger partial charge in [-0.05, 0) is 24.1 Å². The quantitative estimate of drug-likeness (QED) is 0.335. The summed E-state index contributed by atoms with van der Waals surface area (Å²) in [4.78, 5) is 25.2. The van der Waals surface area contributed by atoms with E-state index in [9.17, 15) is 9.59 Å². The molecule has 0 saturated heterocycles. The van der Waals surface area contributed by atoms with E-state index in [-0.39, 0.29) is 23.7 Å². The summed E-state index contributed by atoms with van der Waals surface area (Å²) in [7, 11) is 1.59. The third-order valence-electron chi connectivity index (χ3n) is 5.09. The summed E-state index contributed by atoms with van der Waals surface area (Å²) in [5.74, 6) is 0.276. The van der Waals surface area contributed by atoms with E-state index >= 15 is 0 Å². The molecule has 0 saturated carbocycles. The number of methoxy groups -OCH3 is 1. The van der Waals surface area contributed by atoms with Crippen molar-refractivity contribution in [2.45, 2.75) is 52.7 Å². The fourth-order valence-corrected chi connectivity index (χ4v) is 3.53. The number of aryl methyl sites for hydroxylation is 1. The number of fused-ring (bicyclic) bond motifs is 1. The molecule has 0 spiro atoms. The number of aromatic nitrogens is 1. The minimum absolute atomic E-state index is 0.0726. The second kappa shape index (κ2) is 10.7. The van der Waals surface area contributed by atoms with Crippen molar-refractivity contribution in [2.24, 2.45) is 0 Å². The maximum atomic E-state index is 13.4. The number of hydrogen-bond acceptors (Lipinski definition) is 5. The maximum Gasteiger partial charge on any atom is 0.308 e. The highest BCUT2D eigenvalue weighted by Gasteiger charge is 2.21. The van der Waals surface area contributed by atoms with E-state index in [2.05, 4.69) is 6.92 Å². The third-order valence-corrected chi connectivity index (χ3v) is 5.09. The van der Waals surface area contributed by atoms with Gasteiger partial charge in [-0.2, -0.15) is 0 Å². The smallest absolute Gasteiger partial charge is 0.308 e. The van der Waals surface area contributed by atoms with Crippen LogP contribution in [0.25, 0.3) is 10.9 Å². The van der Waals surface area contributed by atoms with Gasteiger partial charge in [0.1, 0.15) is 12.4 Å². The number of nitrogens with zero attached hydrogens (tertiary/aromatic N) is 1. The molecule has 3 aromatic rings.